The third-order valence-electron chi connectivity index (χ3n) is 3.36. The average Bonchev–Trinajstić information content (AvgIpc) is 2.90. The van der Waals surface area contributed by atoms with Crippen molar-refractivity contribution < 1.29 is 14.7 Å². The number of carbonyl (C=O) groups is 2. The van der Waals surface area contributed by atoms with Crippen molar-refractivity contribution in [3.8, 4) is 5.69 Å². The fourth-order valence-corrected chi connectivity index (χ4v) is 2.56. The average molecular weight is 336 g/mol. The first-order chi connectivity index (χ1) is 10.8. The van der Waals surface area contributed by atoms with Crippen LogP contribution >= 0.6 is 11.6 Å². The van der Waals surface area contributed by atoms with Gasteiger partial charge in [-0.15, -0.1) is 0 Å². The molecule has 1 N–H and O–H groups in total. The highest BCUT2D eigenvalue weighted by atomic mass is 35.5. The predicted molar refractivity (Wildman–Crippen MR) is 87.3 cm³/mol. The second kappa shape index (κ2) is 6.83. The van der Waals surface area contributed by atoms with Crippen LogP contribution in [-0.4, -0.2) is 45.3 Å². The monoisotopic (exact) mass is 335 g/mol. The molecule has 1 aromatic carbocycles. The molecule has 0 unspecified atom stereocenters. The lowest BCUT2D eigenvalue weighted by molar-refractivity contribution is -0.137. The van der Waals surface area contributed by atoms with E-state index in [2.05, 4.69) is 5.10 Å². The zero-order chi connectivity index (χ0) is 17.1. The van der Waals surface area contributed by atoms with Gasteiger partial charge in [-0.3, -0.25) is 9.59 Å². The summed E-state index contributed by atoms with van der Waals surface area (Å²) in [6.45, 7) is 3.54. The fraction of sp³-hybridized carbons (Fsp3) is 0.312. The van der Waals surface area contributed by atoms with E-state index in [0.717, 1.165) is 16.3 Å². The van der Waals surface area contributed by atoms with Crippen LogP contribution in [0.5, 0.6) is 0 Å². The molecule has 0 saturated carbocycles. The summed E-state index contributed by atoms with van der Waals surface area (Å²) >= 11 is 6.02. The highest BCUT2D eigenvalue weighted by Gasteiger charge is 2.24. The maximum Gasteiger partial charge on any atom is 0.323 e. The number of aromatic nitrogens is 2. The van der Waals surface area contributed by atoms with Crippen LogP contribution in [0.4, 0.5) is 0 Å². The molecule has 0 atom stereocenters. The second-order valence-electron chi connectivity index (χ2n) is 5.54. The van der Waals surface area contributed by atoms with Crippen LogP contribution in [0.2, 0.25) is 5.02 Å². The highest BCUT2D eigenvalue weighted by Crippen LogP contribution is 2.25. The van der Waals surface area contributed by atoms with Gasteiger partial charge in [0.05, 0.1) is 23.1 Å². The van der Waals surface area contributed by atoms with E-state index in [4.69, 9.17) is 16.7 Å². The highest BCUT2D eigenvalue weighted by molar-refractivity contribution is 6.30. The van der Waals surface area contributed by atoms with Crippen molar-refractivity contribution in [3.63, 3.8) is 0 Å². The van der Waals surface area contributed by atoms with Crippen LogP contribution < -0.4 is 0 Å². The molecule has 1 heterocycles. The number of carbonyl (C=O) groups excluding carboxylic acids is 1. The molecule has 23 heavy (non-hydrogen) atoms. The lowest BCUT2D eigenvalue weighted by Gasteiger charge is -2.17. The van der Waals surface area contributed by atoms with Gasteiger partial charge in [-0.2, -0.15) is 5.10 Å². The third kappa shape index (κ3) is 3.71. The normalized spacial score (nSPS) is 10.8. The minimum absolute atomic E-state index is 0.0219. The Hall–Kier alpha value is -2.34. The van der Waals surface area contributed by atoms with Gasteiger partial charge < -0.3 is 10.0 Å². The summed E-state index contributed by atoms with van der Waals surface area (Å²) in [6, 6.07) is 7.17. The van der Waals surface area contributed by atoms with E-state index >= 15 is 0 Å². The predicted octanol–water partition coefficient (Wildman–Crippen LogP) is 2.81. The van der Waals surface area contributed by atoms with Crippen molar-refractivity contribution >= 4 is 23.5 Å². The molecule has 122 valence electrons. The minimum Gasteiger partial charge on any atom is -0.480 e. The van der Waals surface area contributed by atoms with Crippen molar-refractivity contribution in [2.24, 2.45) is 0 Å². The lowest BCUT2D eigenvalue weighted by atomic mass is 10.0. The van der Waals surface area contributed by atoms with E-state index in [1.54, 1.807) is 16.8 Å². The first kappa shape index (κ1) is 17.0. The summed E-state index contributed by atoms with van der Waals surface area (Å²) in [5.41, 5.74) is 1.86. The van der Waals surface area contributed by atoms with Crippen LogP contribution in [0.15, 0.2) is 30.5 Å². The van der Waals surface area contributed by atoms with Gasteiger partial charge in [0.15, 0.2) is 0 Å². The van der Waals surface area contributed by atoms with Crippen LogP contribution in [0.1, 0.15) is 35.8 Å². The molecule has 0 radical (unpaired) electrons. The number of amides is 1. The van der Waals surface area contributed by atoms with E-state index in [1.165, 1.54) is 13.2 Å². The number of aliphatic carboxylic acids is 1. The minimum atomic E-state index is -1.06. The van der Waals surface area contributed by atoms with Crippen molar-refractivity contribution in [2.45, 2.75) is 19.8 Å². The van der Waals surface area contributed by atoms with Crippen molar-refractivity contribution in [1.82, 2.24) is 14.7 Å². The summed E-state index contributed by atoms with van der Waals surface area (Å²) in [5.74, 6) is -1.41. The Bertz CT molecular complexity index is 740. The molecule has 0 fully saturated rings. The molecule has 2 aromatic rings. The molecule has 6 nitrogen and oxygen atoms in total. The van der Waals surface area contributed by atoms with Crippen molar-refractivity contribution in [3.05, 3.63) is 46.7 Å². The van der Waals surface area contributed by atoms with Crippen LogP contribution in [-0.2, 0) is 4.79 Å². The van der Waals surface area contributed by atoms with Crippen LogP contribution in [0.3, 0.4) is 0 Å². The Morgan fingerprint density at radius 2 is 2.09 bits per heavy atom. The van der Waals surface area contributed by atoms with E-state index in [0.29, 0.717) is 10.6 Å². The molecule has 0 saturated heterocycles. The molecule has 2 rings (SSSR count). The largest absolute Gasteiger partial charge is 0.480 e. The van der Waals surface area contributed by atoms with E-state index in [1.807, 2.05) is 26.0 Å². The maximum absolute atomic E-state index is 12.5. The van der Waals surface area contributed by atoms with Gasteiger partial charge in [0.25, 0.3) is 5.91 Å². The summed E-state index contributed by atoms with van der Waals surface area (Å²) in [6.07, 6.45) is 1.47. The van der Waals surface area contributed by atoms with Crippen LogP contribution in [0.25, 0.3) is 5.69 Å². The number of hydrogen-bond acceptors (Lipinski definition) is 3. The number of carboxylic acid groups (broad SMARTS) is 1. The Labute approximate surface area is 139 Å². The number of benzene rings is 1. The van der Waals surface area contributed by atoms with Gasteiger partial charge in [-0.05, 0) is 24.1 Å². The SMILES string of the molecule is CC(C)c1c(C(=O)N(C)CC(=O)O)cnn1-c1cccc(Cl)c1. The molecule has 0 spiro atoms. The van der Waals surface area contributed by atoms with Gasteiger partial charge in [-0.1, -0.05) is 31.5 Å². The van der Waals surface area contributed by atoms with Gasteiger partial charge in [-0.25, -0.2) is 4.68 Å². The Morgan fingerprint density at radius 3 is 2.65 bits per heavy atom. The zero-order valence-electron chi connectivity index (χ0n) is 13.2. The summed E-state index contributed by atoms with van der Waals surface area (Å²) in [7, 11) is 1.46. The summed E-state index contributed by atoms with van der Waals surface area (Å²) in [4.78, 5) is 24.5. The van der Waals surface area contributed by atoms with Crippen LogP contribution in [0, 0.1) is 0 Å². The molecule has 0 aliphatic carbocycles. The molecular formula is C16H18ClN3O3. The molecule has 1 amide bonds. The zero-order valence-corrected chi connectivity index (χ0v) is 13.9. The lowest BCUT2D eigenvalue weighted by Crippen LogP contribution is -2.32. The molecule has 0 aliphatic rings. The van der Waals surface area contributed by atoms with E-state index in [9.17, 15) is 9.59 Å². The molecule has 0 bridgehead atoms. The number of halogens is 1. The van der Waals surface area contributed by atoms with Gasteiger partial charge >= 0.3 is 5.97 Å². The quantitative estimate of drug-likeness (QED) is 0.911. The fourth-order valence-electron chi connectivity index (χ4n) is 2.37. The number of rotatable bonds is 5. The van der Waals surface area contributed by atoms with Gasteiger partial charge in [0.2, 0.25) is 0 Å². The van der Waals surface area contributed by atoms with Gasteiger partial charge in [0, 0.05) is 12.1 Å². The first-order valence-corrected chi connectivity index (χ1v) is 7.50. The smallest absolute Gasteiger partial charge is 0.323 e. The Morgan fingerprint density at radius 1 is 1.39 bits per heavy atom. The number of hydrogen-bond donors (Lipinski definition) is 1. The molecule has 1 aromatic heterocycles. The van der Waals surface area contributed by atoms with Crippen molar-refractivity contribution in [2.75, 3.05) is 13.6 Å². The topological polar surface area (TPSA) is 75.4 Å². The summed E-state index contributed by atoms with van der Waals surface area (Å²) in [5, 5.41) is 13.7. The first-order valence-electron chi connectivity index (χ1n) is 7.12. The van der Waals surface area contributed by atoms with Crippen molar-refractivity contribution in [1.29, 1.82) is 0 Å². The molecule has 7 heteroatoms. The van der Waals surface area contributed by atoms with E-state index < -0.39 is 5.97 Å². The molecule has 0 aliphatic heterocycles. The Balaban J connectivity index is 2.47. The Kier molecular flexibility index (Phi) is 5.05. The standard InChI is InChI=1S/C16H18ClN3O3/c1-10(2)15-13(16(23)19(3)9-14(21)22)8-18-20(15)12-6-4-5-11(17)7-12/h4-8,10H,9H2,1-3H3,(H,21,22). The van der Waals surface area contributed by atoms with Gasteiger partial charge in [0.1, 0.15) is 6.54 Å². The second-order valence-corrected chi connectivity index (χ2v) is 5.98. The number of nitrogens with zero attached hydrogens (tertiary/aromatic N) is 3. The molecular weight excluding hydrogens is 318 g/mol. The summed E-state index contributed by atoms with van der Waals surface area (Å²) < 4.78 is 1.67. The number of likely N-dealkylation sites (N-methyl/N-ethyl adjacent to an activating group) is 1. The third-order valence-corrected chi connectivity index (χ3v) is 3.59. The maximum atomic E-state index is 12.5. The number of carboxylic acids is 1. The van der Waals surface area contributed by atoms with E-state index in [-0.39, 0.29) is 18.4 Å².